The van der Waals surface area contributed by atoms with Gasteiger partial charge in [0.1, 0.15) is 0 Å². The molecular weight excluding hydrogens is 190 g/mol. The van der Waals surface area contributed by atoms with Crippen molar-refractivity contribution >= 4 is 5.95 Å². The SMILES string of the molecule is Cc1ccnc(NCc2cccnn2)n1. The highest BCUT2D eigenvalue weighted by Crippen LogP contribution is 2.01. The molecule has 0 saturated heterocycles. The van der Waals surface area contributed by atoms with Crippen molar-refractivity contribution in [1.29, 1.82) is 0 Å². The summed E-state index contributed by atoms with van der Waals surface area (Å²) < 4.78 is 0. The summed E-state index contributed by atoms with van der Waals surface area (Å²) in [7, 11) is 0. The molecule has 0 aliphatic rings. The Hall–Kier alpha value is -2.04. The van der Waals surface area contributed by atoms with Crippen LogP contribution in [0.2, 0.25) is 0 Å². The average molecular weight is 201 g/mol. The van der Waals surface area contributed by atoms with Gasteiger partial charge in [0.2, 0.25) is 5.95 Å². The maximum Gasteiger partial charge on any atom is 0.223 e. The van der Waals surface area contributed by atoms with Crippen LogP contribution in [0.15, 0.2) is 30.6 Å². The van der Waals surface area contributed by atoms with Crippen LogP contribution in [-0.2, 0) is 6.54 Å². The van der Waals surface area contributed by atoms with E-state index >= 15 is 0 Å². The molecule has 0 amide bonds. The van der Waals surface area contributed by atoms with Crippen LogP contribution in [-0.4, -0.2) is 20.2 Å². The third kappa shape index (κ3) is 2.70. The molecule has 5 heteroatoms. The molecule has 0 aliphatic heterocycles. The number of rotatable bonds is 3. The van der Waals surface area contributed by atoms with Crippen LogP contribution in [0.25, 0.3) is 0 Å². The second-order valence-electron chi connectivity index (χ2n) is 3.09. The normalized spacial score (nSPS) is 9.93. The second kappa shape index (κ2) is 4.45. The Morgan fingerprint density at radius 3 is 2.93 bits per heavy atom. The minimum atomic E-state index is 0.581. The summed E-state index contributed by atoms with van der Waals surface area (Å²) in [4.78, 5) is 8.30. The van der Waals surface area contributed by atoms with Crippen LogP contribution in [0.5, 0.6) is 0 Å². The molecule has 2 aromatic heterocycles. The Labute approximate surface area is 87.6 Å². The molecule has 0 aliphatic carbocycles. The molecule has 5 nitrogen and oxygen atoms in total. The van der Waals surface area contributed by atoms with E-state index in [1.165, 1.54) is 0 Å². The van der Waals surface area contributed by atoms with E-state index < -0.39 is 0 Å². The summed E-state index contributed by atoms with van der Waals surface area (Å²) in [6.45, 7) is 2.51. The van der Waals surface area contributed by atoms with E-state index in [1.807, 2.05) is 25.1 Å². The molecule has 0 radical (unpaired) electrons. The molecule has 76 valence electrons. The van der Waals surface area contributed by atoms with E-state index in [2.05, 4.69) is 25.5 Å². The van der Waals surface area contributed by atoms with Gasteiger partial charge in [-0.1, -0.05) is 0 Å². The Balaban J connectivity index is 1.99. The van der Waals surface area contributed by atoms with E-state index in [9.17, 15) is 0 Å². The molecule has 15 heavy (non-hydrogen) atoms. The first-order chi connectivity index (χ1) is 7.34. The van der Waals surface area contributed by atoms with Crippen molar-refractivity contribution in [3.8, 4) is 0 Å². The molecule has 2 heterocycles. The Morgan fingerprint density at radius 1 is 1.27 bits per heavy atom. The van der Waals surface area contributed by atoms with Gasteiger partial charge in [-0.15, -0.1) is 0 Å². The number of nitrogens with one attached hydrogen (secondary N) is 1. The van der Waals surface area contributed by atoms with Crippen molar-refractivity contribution in [1.82, 2.24) is 20.2 Å². The van der Waals surface area contributed by atoms with Crippen molar-refractivity contribution in [3.05, 3.63) is 42.0 Å². The van der Waals surface area contributed by atoms with Crippen LogP contribution in [0, 0.1) is 6.92 Å². The largest absolute Gasteiger partial charge is 0.348 e. The van der Waals surface area contributed by atoms with Crippen LogP contribution in [0.4, 0.5) is 5.95 Å². The molecule has 1 N–H and O–H groups in total. The highest BCUT2D eigenvalue weighted by molar-refractivity contribution is 5.25. The lowest BCUT2D eigenvalue weighted by atomic mass is 10.4. The molecule has 0 spiro atoms. The second-order valence-corrected chi connectivity index (χ2v) is 3.09. The monoisotopic (exact) mass is 201 g/mol. The van der Waals surface area contributed by atoms with Crippen LogP contribution in [0.1, 0.15) is 11.4 Å². The number of aryl methyl sites for hydroxylation is 1. The number of aromatic nitrogens is 4. The lowest BCUT2D eigenvalue weighted by Crippen LogP contribution is -2.05. The maximum absolute atomic E-state index is 4.22. The maximum atomic E-state index is 4.22. The van der Waals surface area contributed by atoms with Gasteiger partial charge in [0.15, 0.2) is 0 Å². The Kier molecular flexibility index (Phi) is 2.82. The predicted octanol–water partition coefficient (Wildman–Crippen LogP) is 1.19. The van der Waals surface area contributed by atoms with E-state index in [4.69, 9.17) is 0 Å². The average Bonchev–Trinajstić information content (AvgIpc) is 2.28. The fourth-order valence-electron chi connectivity index (χ4n) is 1.13. The first kappa shape index (κ1) is 9.51. The summed E-state index contributed by atoms with van der Waals surface area (Å²) in [5.41, 5.74) is 1.80. The van der Waals surface area contributed by atoms with E-state index in [-0.39, 0.29) is 0 Å². The first-order valence-electron chi connectivity index (χ1n) is 4.65. The lowest BCUT2D eigenvalue weighted by molar-refractivity contribution is 0.911. The fraction of sp³-hybridized carbons (Fsp3) is 0.200. The highest BCUT2D eigenvalue weighted by atomic mass is 15.1. The number of nitrogens with zero attached hydrogens (tertiary/aromatic N) is 4. The first-order valence-corrected chi connectivity index (χ1v) is 4.65. The van der Waals surface area contributed by atoms with Crippen LogP contribution in [0.3, 0.4) is 0 Å². The number of anilines is 1. The van der Waals surface area contributed by atoms with E-state index in [0.29, 0.717) is 12.5 Å². The molecule has 2 aromatic rings. The summed E-state index contributed by atoms with van der Waals surface area (Å²) in [6.07, 6.45) is 3.37. The topological polar surface area (TPSA) is 63.6 Å². The molecule has 0 unspecified atom stereocenters. The molecular formula is C10H11N5. The summed E-state index contributed by atoms with van der Waals surface area (Å²) in [6, 6.07) is 5.60. The number of hydrogen-bond acceptors (Lipinski definition) is 5. The third-order valence-electron chi connectivity index (χ3n) is 1.85. The van der Waals surface area contributed by atoms with Crippen molar-refractivity contribution in [2.24, 2.45) is 0 Å². The van der Waals surface area contributed by atoms with Crippen LogP contribution < -0.4 is 5.32 Å². The Bertz CT molecular complexity index is 429. The minimum Gasteiger partial charge on any atom is -0.348 e. The van der Waals surface area contributed by atoms with Crippen molar-refractivity contribution in [3.63, 3.8) is 0 Å². The summed E-state index contributed by atoms with van der Waals surface area (Å²) in [5, 5.41) is 10.8. The van der Waals surface area contributed by atoms with Gasteiger partial charge in [0.25, 0.3) is 0 Å². The Morgan fingerprint density at radius 2 is 2.20 bits per heavy atom. The van der Waals surface area contributed by atoms with Crippen molar-refractivity contribution < 1.29 is 0 Å². The van der Waals surface area contributed by atoms with Crippen molar-refractivity contribution in [2.75, 3.05) is 5.32 Å². The lowest BCUT2D eigenvalue weighted by Gasteiger charge is -2.03. The minimum absolute atomic E-state index is 0.581. The van der Waals surface area contributed by atoms with Gasteiger partial charge in [-0.25, -0.2) is 9.97 Å². The van der Waals surface area contributed by atoms with Gasteiger partial charge in [-0.2, -0.15) is 10.2 Å². The van der Waals surface area contributed by atoms with Gasteiger partial charge >= 0.3 is 0 Å². The zero-order valence-electron chi connectivity index (χ0n) is 8.38. The zero-order valence-corrected chi connectivity index (χ0v) is 8.38. The molecule has 0 bridgehead atoms. The summed E-state index contributed by atoms with van der Waals surface area (Å²) in [5.74, 6) is 0.612. The standard InChI is InChI=1S/C10H11N5/c1-8-4-6-11-10(14-8)12-7-9-3-2-5-13-15-9/h2-6H,7H2,1H3,(H,11,12,14). The predicted molar refractivity (Wildman–Crippen MR) is 56.1 cm³/mol. The quantitative estimate of drug-likeness (QED) is 0.808. The third-order valence-corrected chi connectivity index (χ3v) is 1.85. The molecule has 2 rings (SSSR count). The molecule has 0 saturated carbocycles. The van der Waals surface area contributed by atoms with Gasteiger partial charge < -0.3 is 5.32 Å². The van der Waals surface area contributed by atoms with Gasteiger partial charge in [0.05, 0.1) is 12.2 Å². The van der Waals surface area contributed by atoms with E-state index in [1.54, 1.807) is 12.4 Å². The van der Waals surface area contributed by atoms with Crippen molar-refractivity contribution in [2.45, 2.75) is 13.5 Å². The van der Waals surface area contributed by atoms with E-state index in [0.717, 1.165) is 11.4 Å². The number of hydrogen-bond donors (Lipinski definition) is 1. The summed E-state index contributed by atoms with van der Waals surface area (Å²) >= 11 is 0. The molecule has 0 fully saturated rings. The zero-order chi connectivity index (χ0) is 10.5. The van der Waals surface area contributed by atoms with Crippen LogP contribution >= 0.6 is 0 Å². The smallest absolute Gasteiger partial charge is 0.223 e. The molecule has 0 aromatic carbocycles. The van der Waals surface area contributed by atoms with Gasteiger partial charge in [0, 0.05) is 18.1 Å². The van der Waals surface area contributed by atoms with Gasteiger partial charge in [-0.3, -0.25) is 0 Å². The molecule has 0 atom stereocenters. The van der Waals surface area contributed by atoms with Gasteiger partial charge in [-0.05, 0) is 25.1 Å². The highest BCUT2D eigenvalue weighted by Gasteiger charge is 1.97. The fourth-order valence-corrected chi connectivity index (χ4v) is 1.13.